The van der Waals surface area contributed by atoms with Crippen LogP contribution in [0.2, 0.25) is 0 Å². The zero-order valence-electron chi connectivity index (χ0n) is 13.6. The van der Waals surface area contributed by atoms with Gasteiger partial charge in [0.05, 0.1) is 19.1 Å². The molecule has 2 aromatic heterocycles. The molecule has 0 spiro atoms. The van der Waals surface area contributed by atoms with E-state index in [1.165, 1.54) is 39.1 Å². The number of anilines is 1. The van der Waals surface area contributed by atoms with Gasteiger partial charge in [-0.25, -0.2) is 4.79 Å². The molecule has 0 atom stereocenters. The van der Waals surface area contributed by atoms with Crippen LogP contribution in [0.3, 0.4) is 0 Å². The van der Waals surface area contributed by atoms with Gasteiger partial charge in [0.2, 0.25) is 5.95 Å². The number of carbonyl (C=O) groups excluding carboxylic acids is 1. The first kappa shape index (κ1) is 15.6. The van der Waals surface area contributed by atoms with E-state index in [4.69, 9.17) is 9.15 Å². The number of nitrogens with zero attached hydrogens (tertiary/aromatic N) is 4. The molecular formula is C16H20N4O3S. The molecule has 0 unspecified atom stereocenters. The van der Waals surface area contributed by atoms with E-state index in [0.717, 1.165) is 24.2 Å². The Morgan fingerprint density at radius 1 is 1.38 bits per heavy atom. The van der Waals surface area contributed by atoms with E-state index in [0.29, 0.717) is 23.1 Å². The highest BCUT2D eigenvalue weighted by Crippen LogP contribution is 2.42. The third-order valence-corrected chi connectivity index (χ3v) is 5.37. The van der Waals surface area contributed by atoms with Crippen LogP contribution in [0.15, 0.2) is 21.9 Å². The summed E-state index contributed by atoms with van der Waals surface area (Å²) < 4.78 is 12.5. The second kappa shape index (κ2) is 6.51. The summed E-state index contributed by atoms with van der Waals surface area (Å²) in [6.07, 6.45) is 6.31. The number of furan rings is 1. The molecule has 0 aromatic carbocycles. The van der Waals surface area contributed by atoms with Crippen molar-refractivity contribution in [2.45, 2.75) is 42.6 Å². The number of aromatic nitrogens is 3. The quantitative estimate of drug-likeness (QED) is 0.587. The molecule has 7 nitrogen and oxygen atoms in total. The van der Waals surface area contributed by atoms with E-state index in [1.807, 2.05) is 0 Å². The second-order valence-corrected chi connectivity index (χ2v) is 7.06. The molecule has 0 radical (unpaired) electrons. The van der Waals surface area contributed by atoms with Gasteiger partial charge < -0.3 is 14.1 Å². The normalized spacial score (nSPS) is 17.5. The Kier molecular flexibility index (Phi) is 4.22. The zero-order valence-corrected chi connectivity index (χ0v) is 14.4. The zero-order chi connectivity index (χ0) is 16.5. The molecule has 128 valence electrons. The summed E-state index contributed by atoms with van der Waals surface area (Å²) >= 11 is 1.56. The van der Waals surface area contributed by atoms with Crippen molar-refractivity contribution < 1.29 is 13.9 Å². The SMILES string of the molecule is COC(=O)c1ccoc1CSc1nnc(N2CCCC2)n1C1CC1. The summed E-state index contributed by atoms with van der Waals surface area (Å²) in [4.78, 5) is 14.1. The van der Waals surface area contributed by atoms with Gasteiger partial charge >= 0.3 is 5.97 Å². The van der Waals surface area contributed by atoms with Gasteiger partial charge in [-0.3, -0.25) is 4.57 Å². The fourth-order valence-electron chi connectivity index (χ4n) is 3.03. The van der Waals surface area contributed by atoms with E-state index in [1.54, 1.807) is 17.8 Å². The van der Waals surface area contributed by atoms with Crippen LogP contribution >= 0.6 is 11.8 Å². The molecule has 0 N–H and O–H groups in total. The Labute approximate surface area is 144 Å². The Morgan fingerprint density at radius 3 is 2.88 bits per heavy atom. The van der Waals surface area contributed by atoms with E-state index < -0.39 is 0 Å². The minimum Gasteiger partial charge on any atom is -0.468 e. The van der Waals surface area contributed by atoms with Gasteiger partial charge in [0, 0.05) is 19.1 Å². The second-order valence-electron chi connectivity index (χ2n) is 6.12. The van der Waals surface area contributed by atoms with Gasteiger partial charge in [-0.15, -0.1) is 10.2 Å². The number of methoxy groups -OCH3 is 1. The third-order valence-electron chi connectivity index (χ3n) is 4.43. The van der Waals surface area contributed by atoms with Crippen LogP contribution in [0.5, 0.6) is 0 Å². The van der Waals surface area contributed by atoms with Crippen molar-refractivity contribution in [2.24, 2.45) is 0 Å². The van der Waals surface area contributed by atoms with Gasteiger partial charge in [-0.1, -0.05) is 11.8 Å². The van der Waals surface area contributed by atoms with E-state index in [2.05, 4.69) is 19.7 Å². The van der Waals surface area contributed by atoms with Crippen LogP contribution in [-0.2, 0) is 10.5 Å². The number of rotatable bonds is 6. The molecule has 1 saturated carbocycles. The first-order valence-electron chi connectivity index (χ1n) is 8.25. The molecule has 8 heteroatoms. The van der Waals surface area contributed by atoms with Crippen LogP contribution in [0.1, 0.15) is 47.8 Å². The van der Waals surface area contributed by atoms with Crippen molar-refractivity contribution in [3.05, 3.63) is 23.7 Å². The topological polar surface area (TPSA) is 73.4 Å². The lowest BCUT2D eigenvalue weighted by Crippen LogP contribution is -2.22. The maximum absolute atomic E-state index is 11.7. The average molecular weight is 348 g/mol. The lowest BCUT2D eigenvalue weighted by Gasteiger charge is -2.17. The Morgan fingerprint density at radius 2 is 2.17 bits per heavy atom. The summed E-state index contributed by atoms with van der Waals surface area (Å²) in [6, 6.07) is 2.15. The van der Waals surface area contributed by atoms with Crippen LogP contribution in [0.25, 0.3) is 0 Å². The number of carbonyl (C=O) groups is 1. The maximum Gasteiger partial charge on any atom is 0.341 e. The highest BCUT2D eigenvalue weighted by molar-refractivity contribution is 7.98. The third kappa shape index (κ3) is 2.90. The monoisotopic (exact) mass is 348 g/mol. The summed E-state index contributed by atoms with van der Waals surface area (Å²) in [5.41, 5.74) is 0.474. The number of esters is 1. The van der Waals surface area contributed by atoms with Gasteiger partial charge in [-0.2, -0.15) is 0 Å². The van der Waals surface area contributed by atoms with Crippen molar-refractivity contribution in [2.75, 3.05) is 25.1 Å². The van der Waals surface area contributed by atoms with Gasteiger partial charge in [-0.05, 0) is 31.7 Å². The van der Waals surface area contributed by atoms with E-state index in [-0.39, 0.29) is 5.97 Å². The number of ether oxygens (including phenoxy) is 1. The lowest BCUT2D eigenvalue weighted by molar-refractivity contribution is 0.0598. The minimum absolute atomic E-state index is 0.374. The average Bonchev–Trinajstić information content (AvgIpc) is 3.04. The van der Waals surface area contributed by atoms with Crippen LogP contribution in [0.4, 0.5) is 5.95 Å². The first-order chi connectivity index (χ1) is 11.8. The molecule has 1 aliphatic carbocycles. The van der Waals surface area contributed by atoms with E-state index >= 15 is 0 Å². The summed E-state index contributed by atoms with van der Waals surface area (Å²) in [5.74, 6) is 1.76. The standard InChI is InChI=1S/C16H20N4O3S/c1-22-14(21)12-6-9-23-13(12)10-24-16-18-17-15(19-7-2-3-8-19)20(16)11-4-5-11/h6,9,11H,2-5,7-8,10H2,1H3. The van der Waals surface area contributed by atoms with Crippen LogP contribution in [-0.4, -0.2) is 40.9 Å². The highest BCUT2D eigenvalue weighted by Gasteiger charge is 2.32. The molecule has 24 heavy (non-hydrogen) atoms. The van der Waals surface area contributed by atoms with Gasteiger partial charge in [0.25, 0.3) is 0 Å². The Balaban J connectivity index is 1.53. The van der Waals surface area contributed by atoms with Crippen LogP contribution in [0, 0.1) is 0 Å². The van der Waals surface area contributed by atoms with Crippen LogP contribution < -0.4 is 4.90 Å². The van der Waals surface area contributed by atoms with E-state index in [9.17, 15) is 4.79 Å². The fraction of sp³-hybridized carbons (Fsp3) is 0.562. The predicted molar refractivity (Wildman–Crippen MR) is 89.3 cm³/mol. The largest absolute Gasteiger partial charge is 0.468 e. The lowest BCUT2D eigenvalue weighted by atomic mass is 10.3. The number of thioether (sulfide) groups is 1. The summed E-state index contributed by atoms with van der Waals surface area (Å²) in [7, 11) is 1.37. The molecule has 2 aromatic rings. The van der Waals surface area contributed by atoms with Crippen molar-refractivity contribution in [1.29, 1.82) is 0 Å². The molecule has 2 fully saturated rings. The first-order valence-corrected chi connectivity index (χ1v) is 9.24. The van der Waals surface area contributed by atoms with Gasteiger partial charge in [0.1, 0.15) is 11.3 Å². The molecule has 1 saturated heterocycles. The van der Waals surface area contributed by atoms with Crippen molar-refractivity contribution >= 4 is 23.7 Å². The fourth-order valence-corrected chi connectivity index (χ4v) is 3.98. The molecule has 0 bridgehead atoms. The summed E-state index contributed by atoms with van der Waals surface area (Å²) in [6.45, 7) is 2.11. The van der Waals surface area contributed by atoms with Crippen molar-refractivity contribution in [3.8, 4) is 0 Å². The van der Waals surface area contributed by atoms with Crippen molar-refractivity contribution in [1.82, 2.24) is 14.8 Å². The molecular weight excluding hydrogens is 328 g/mol. The van der Waals surface area contributed by atoms with Gasteiger partial charge in [0.15, 0.2) is 5.16 Å². The predicted octanol–water partition coefficient (Wildman–Crippen LogP) is 2.89. The minimum atomic E-state index is -0.374. The molecule has 2 aliphatic rings. The number of hydrogen-bond acceptors (Lipinski definition) is 7. The Bertz CT molecular complexity index is 732. The smallest absolute Gasteiger partial charge is 0.341 e. The van der Waals surface area contributed by atoms with Crippen molar-refractivity contribution in [3.63, 3.8) is 0 Å². The molecule has 4 rings (SSSR count). The molecule has 1 aliphatic heterocycles. The highest BCUT2D eigenvalue weighted by atomic mass is 32.2. The Hall–Kier alpha value is -1.96. The number of hydrogen-bond donors (Lipinski definition) is 0. The summed E-state index contributed by atoms with van der Waals surface area (Å²) in [5, 5.41) is 9.72. The molecule has 0 amide bonds. The maximum atomic E-state index is 11.7. The molecule has 3 heterocycles.